The summed E-state index contributed by atoms with van der Waals surface area (Å²) in [6.45, 7) is 3.95. The van der Waals surface area contributed by atoms with Crippen LogP contribution in [-0.2, 0) is 16.0 Å². The van der Waals surface area contributed by atoms with Gasteiger partial charge in [-0.05, 0) is 31.0 Å². The molecule has 0 unspecified atom stereocenters. The van der Waals surface area contributed by atoms with E-state index in [9.17, 15) is 4.79 Å². The Hall–Kier alpha value is -2.76. The standard InChI is InChI=1S/C18H22N2O4/c1-4-5-15-8-9-20(19-15)16-7-6-13(2)17(10-16)24-12-14(11-23-3)18(21)22/h6-11H,4-5,12H2,1-3H3,(H,21,22)/b14-11-. The van der Waals surface area contributed by atoms with Gasteiger partial charge in [0.15, 0.2) is 0 Å². The van der Waals surface area contributed by atoms with Crippen molar-refractivity contribution >= 4 is 5.97 Å². The number of carboxylic acids is 1. The van der Waals surface area contributed by atoms with E-state index < -0.39 is 5.97 Å². The maximum Gasteiger partial charge on any atom is 0.338 e. The van der Waals surface area contributed by atoms with Crippen LogP contribution in [0.25, 0.3) is 5.69 Å². The average molecular weight is 330 g/mol. The topological polar surface area (TPSA) is 73.6 Å². The number of ether oxygens (including phenoxy) is 2. The molecule has 2 aromatic rings. The van der Waals surface area contributed by atoms with Crippen LogP contribution in [0.3, 0.4) is 0 Å². The monoisotopic (exact) mass is 330 g/mol. The molecule has 6 heteroatoms. The molecular weight excluding hydrogens is 308 g/mol. The molecule has 0 bridgehead atoms. The third-order valence-electron chi connectivity index (χ3n) is 3.50. The smallest absolute Gasteiger partial charge is 0.338 e. The Balaban J connectivity index is 2.18. The van der Waals surface area contributed by atoms with Crippen molar-refractivity contribution in [3.05, 3.63) is 53.6 Å². The fourth-order valence-electron chi connectivity index (χ4n) is 2.23. The highest BCUT2D eigenvalue weighted by atomic mass is 16.5. The van der Waals surface area contributed by atoms with Crippen LogP contribution in [0.5, 0.6) is 5.75 Å². The van der Waals surface area contributed by atoms with Gasteiger partial charge in [0.2, 0.25) is 0 Å². The van der Waals surface area contributed by atoms with E-state index in [2.05, 4.69) is 12.0 Å². The maximum absolute atomic E-state index is 11.1. The Morgan fingerprint density at radius 1 is 1.38 bits per heavy atom. The summed E-state index contributed by atoms with van der Waals surface area (Å²) in [5.74, 6) is -0.453. The van der Waals surface area contributed by atoms with Crippen molar-refractivity contribution in [3.8, 4) is 11.4 Å². The number of aliphatic carboxylic acids is 1. The number of benzene rings is 1. The summed E-state index contributed by atoms with van der Waals surface area (Å²) in [6, 6.07) is 7.72. The van der Waals surface area contributed by atoms with Gasteiger partial charge in [-0.1, -0.05) is 19.4 Å². The molecule has 0 aliphatic carbocycles. The van der Waals surface area contributed by atoms with Gasteiger partial charge in [0.25, 0.3) is 0 Å². The zero-order chi connectivity index (χ0) is 17.5. The van der Waals surface area contributed by atoms with E-state index in [-0.39, 0.29) is 12.2 Å². The summed E-state index contributed by atoms with van der Waals surface area (Å²) in [4.78, 5) is 11.1. The second-order valence-corrected chi connectivity index (χ2v) is 5.42. The third-order valence-corrected chi connectivity index (χ3v) is 3.50. The minimum absolute atomic E-state index is 0.0478. The molecule has 24 heavy (non-hydrogen) atoms. The van der Waals surface area contributed by atoms with Crippen molar-refractivity contribution < 1.29 is 19.4 Å². The van der Waals surface area contributed by atoms with Gasteiger partial charge in [0.05, 0.1) is 24.8 Å². The lowest BCUT2D eigenvalue weighted by molar-refractivity contribution is -0.133. The highest BCUT2D eigenvalue weighted by molar-refractivity contribution is 5.86. The van der Waals surface area contributed by atoms with Gasteiger partial charge in [-0.2, -0.15) is 5.10 Å². The summed E-state index contributed by atoms with van der Waals surface area (Å²) < 4.78 is 12.2. The molecule has 0 aliphatic heterocycles. The molecule has 1 N–H and O–H groups in total. The van der Waals surface area contributed by atoms with Crippen molar-refractivity contribution in [2.24, 2.45) is 0 Å². The molecule has 0 spiro atoms. The number of carbonyl (C=O) groups is 1. The predicted octanol–water partition coefficient (Wildman–Crippen LogP) is 3.13. The fourth-order valence-corrected chi connectivity index (χ4v) is 2.23. The van der Waals surface area contributed by atoms with Gasteiger partial charge >= 0.3 is 5.97 Å². The lowest BCUT2D eigenvalue weighted by Crippen LogP contribution is -2.11. The van der Waals surface area contributed by atoms with Crippen molar-refractivity contribution in [3.63, 3.8) is 0 Å². The van der Waals surface area contributed by atoms with Crippen LogP contribution in [0.2, 0.25) is 0 Å². The van der Waals surface area contributed by atoms with Gasteiger partial charge in [0.1, 0.15) is 17.9 Å². The first-order valence-corrected chi connectivity index (χ1v) is 7.78. The second kappa shape index (κ2) is 8.19. The molecule has 0 saturated carbocycles. The van der Waals surface area contributed by atoms with Crippen molar-refractivity contribution in [2.45, 2.75) is 26.7 Å². The SMILES string of the molecule is CCCc1ccn(-c2ccc(C)c(OC/C(=C/OC)C(=O)O)c2)n1. The summed E-state index contributed by atoms with van der Waals surface area (Å²) >= 11 is 0. The van der Waals surface area contributed by atoms with Crippen molar-refractivity contribution in [1.29, 1.82) is 0 Å². The number of aryl methyl sites for hydroxylation is 2. The molecule has 0 fully saturated rings. The lowest BCUT2D eigenvalue weighted by Gasteiger charge is -2.11. The second-order valence-electron chi connectivity index (χ2n) is 5.42. The normalized spacial score (nSPS) is 11.4. The maximum atomic E-state index is 11.1. The molecule has 0 atom stereocenters. The number of methoxy groups -OCH3 is 1. The van der Waals surface area contributed by atoms with E-state index in [0.717, 1.165) is 29.8 Å². The average Bonchev–Trinajstić information content (AvgIpc) is 3.01. The van der Waals surface area contributed by atoms with Gasteiger partial charge in [0, 0.05) is 12.3 Å². The van der Waals surface area contributed by atoms with Gasteiger partial charge < -0.3 is 14.6 Å². The number of aromatic nitrogens is 2. The number of hydrogen-bond acceptors (Lipinski definition) is 4. The summed E-state index contributed by atoms with van der Waals surface area (Å²) in [5.41, 5.74) is 2.87. The molecule has 0 radical (unpaired) electrons. The van der Waals surface area contributed by atoms with E-state index in [4.69, 9.17) is 14.6 Å². The molecule has 2 rings (SSSR count). The highest BCUT2D eigenvalue weighted by Crippen LogP contribution is 2.22. The molecule has 0 amide bonds. The molecule has 128 valence electrons. The van der Waals surface area contributed by atoms with E-state index in [0.29, 0.717) is 5.75 Å². The quantitative estimate of drug-likeness (QED) is 0.594. The lowest BCUT2D eigenvalue weighted by atomic mass is 10.2. The zero-order valence-electron chi connectivity index (χ0n) is 14.2. The Morgan fingerprint density at radius 2 is 2.17 bits per heavy atom. The Bertz CT molecular complexity index is 734. The fraction of sp³-hybridized carbons (Fsp3) is 0.333. The molecule has 1 aromatic carbocycles. The number of nitrogens with zero attached hydrogens (tertiary/aromatic N) is 2. The molecule has 0 aliphatic rings. The van der Waals surface area contributed by atoms with Crippen LogP contribution < -0.4 is 4.74 Å². The van der Waals surface area contributed by atoms with Crippen LogP contribution >= 0.6 is 0 Å². The first kappa shape index (κ1) is 17.6. The Morgan fingerprint density at radius 3 is 2.83 bits per heavy atom. The Kier molecular flexibility index (Phi) is 6.01. The van der Waals surface area contributed by atoms with Gasteiger partial charge in [-0.3, -0.25) is 0 Å². The first-order valence-electron chi connectivity index (χ1n) is 7.78. The number of hydrogen-bond donors (Lipinski definition) is 1. The van der Waals surface area contributed by atoms with Crippen LogP contribution in [0.4, 0.5) is 0 Å². The van der Waals surface area contributed by atoms with Crippen LogP contribution in [0.15, 0.2) is 42.3 Å². The van der Waals surface area contributed by atoms with E-state index in [1.807, 2.05) is 37.4 Å². The molecule has 1 heterocycles. The number of carboxylic acid groups (broad SMARTS) is 1. The van der Waals surface area contributed by atoms with Crippen LogP contribution in [-0.4, -0.2) is 34.6 Å². The minimum Gasteiger partial charge on any atom is -0.504 e. The number of rotatable bonds is 8. The molecular formula is C18H22N2O4. The van der Waals surface area contributed by atoms with Crippen LogP contribution in [0.1, 0.15) is 24.6 Å². The van der Waals surface area contributed by atoms with Gasteiger partial charge in [-0.15, -0.1) is 0 Å². The third kappa shape index (κ3) is 4.38. The predicted molar refractivity (Wildman–Crippen MR) is 90.5 cm³/mol. The highest BCUT2D eigenvalue weighted by Gasteiger charge is 2.11. The summed E-state index contributed by atoms with van der Waals surface area (Å²) in [6.07, 6.45) is 5.06. The largest absolute Gasteiger partial charge is 0.504 e. The molecule has 0 saturated heterocycles. The zero-order valence-corrected chi connectivity index (χ0v) is 14.2. The van der Waals surface area contributed by atoms with E-state index in [1.165, 1.54) is 13.4 Å². The first-order chi connectivity index (χ1) is 11.5. The summed E-state index contributed by atoms with van der Waals surface area (Å²) in [5, 5.41) is 13.6. The van der Waals surface area contributed by atoms with Gasteiger partial charge in [-0.25, -0.2) is 9.48 Å². The summed E-state index contributed by atoms with van der Waals surface area (Å²) in [7, 11) is 1.40. The molecule has 6 nitrogen and oxygen atoms in total. The van der Waals surface area contributed by atoms with Crippen molar-refractivity contribution in [2.75, 3.05) is 13.7 Å². The molecule has 1 aromatic heterocycles. The minimum atomic E-state index is -1.07. The van der Waals surface area contributed by atoms with Crippen LogP contribution in [0, 0.1) is 6.92 Å². The van der Waals surface area contributed by atoms with Crippen molar-refractivity contribution in [1.82, 2.24) is 9.78 Å². The van der Waals surface area contributed by atoms with E-state index in [1.54, 1.807) is 4.68 Å². The Labute approximate surface area is 141 Å². The van der Waals surface area contributed by atoms with E-state index >= 15 is 0 Å².